The highest BCUT2D eigenvalue weighted by Gasteiger charge is 2.08. The van der Waals surface area contributed by atoms with Crippen molar-refractivity contribution in [2.24, 2.45) is 0 Å². The van der Waals surface area contributed by atoms with E-state index in [2.05, 4.69) is 56.4 Å². The van der Waals surface area contributed by atoms with Gasteiger partial charge in [-0.25, -0.2) is 0 Å². The summed E-state index contributed by atoms with van der Waals surface area (Å²) < 4.78 is 5.89. The second kappa shape index (κ2) is 6.62. The lowest BCUT2D eigenvalue weighted by Gasteiger charge is -2.09. The molecule has 0 atom stereocenters. The molecule has 1 aromatic carbocycles. The summed E-state index contributed by atoms with van der Waals surface area (Å²) in [4.78, 5) is 2.19. The number of nitrogens with one attached hydrogen (secondary N) is 1. The van der Waals surface area contributed by atoms with E-state index in [1.807, 2.05) is 12.1 Å². The fourth-order valence-corrected chi connectivity index (χ4v) is 2.20. The van der Waals surface area contributed by atoms with Crippen molar-refractivity contribution >= 4 is 5.88 Å². The van der Waals surface area contributed by atoms with Crippen LogP contribution in [0.1, 0.15) is 17.5 Å². The van der Waals surface area contributed by atoms with Gasteiger partial charge in [0.25, 0.3) is 0 Å². The maximum Gasteiger partial charge on any atom is 0.193 e. The van der Waals surface area contributed by atoms with E-state index in [1.165, 1.54) is 16.7 Å². The second-order valence-electron chi connectivity index (χ2n) is 5.49. The monoisotopic (exact) mass is 272 g/mol. The van der Waals surface area contributed by atoms with Gasteiger partial charge in [-0.3, -0.25) is 0 Å². The maximum absolute atomic E-state index is 5.89. The van der Waals surface area contributed by atoms with E-state index in [-0.39, 0.29) is 0 Å². The molecular weight excluding hydrogens is 248 g/mol. The molecule has 1 aromatic heterocycles. The summed E-state index contributed by atoms with van der Waals surface area (Å²) in [7, 11) is 4.18. The van der Waals surface area contributed by atoms with Gasteiger partial charge in [-0.1, -0.05) is 18.2 Å². The van der Waals surface area contributed by atoms with Gasteiger partial charge in [0.2, 0.25) is 0 Å². The third-order valence-corrected chi connectivity index (χ3v) is 3.56. The highest BCUT2D eigenvalue weighted by atomic mass is 16.4. The zero-order valence-corrected chi connectivity index (χ0v) is 12.9. The van der Waals surface area contributed by atoms with E-state index in [0.717, 1.165) is 31.2 Å². The van der Waals surface area contributed by atoms with Crippen molar-refractivity contribution in [3.05, 3.63) is 41.5 Å². The molecule has 2 aromatic rings. The van der Waals surface area contributed by atoms with Crippen LogP contribution in [0.4, 0.5) is 5.88 Å². The molecule has 0 amide bonds. The smallest absolute Gasteiger partial charge is 0.193 e. The van der Waals surface area contributed by atoms with E-state index in [1.54, 1.807) is 0 Å². The van der Waals surface area contributed by atoms with Crippen molar-refractivity contribution in [1.82, 2.24) is 4.90 Å². The van der Waals surface area contributed by atoms with Gasteiger partial charge < -0.3 is 14.6 Å². The molecule has 0 unspecified atom stereocenters. The van der Waals surface area contributed by atoms with E-state index in [4.69, 9.17) is 4.42 Å². The summed E-state index contributed by atoms with van der Waals surface area (Å²) in [6.07, 6.45) is 1.10. The van der Waals surface area contributed by atoms with Gasteiger partial charge in [0.05, 0.1) is 0 Å². The zero-order valence-electron chi connectivity index (χ0n) is 12.9. The molecule has 0 aliphatic carbocycles. The number of anilines is 1. The SMILES string of the molecule is Cc1cccc(-c2ccc(NCCCN(C)C)o2)c1C. The first-order valence-corrected chi connectivity index (χ1v) is 7.13. The topological polar surface area (TPSA) is 28.4 Å². The molecule has 0 bridgehead atoms. The van der Waals surface area contributed by atoms with Crippen LogP contribution in [0.5, 0.6) is 0 Å². The number of hydrogen-bond acceptors (Lipinski definition) is 3. The van der Waals surface area contributed by atoms with Crippen LogP contribution in [0.2, 0.25) is 0 Å². The Labute approximate surface area is 121 Å². The fraction of sp³-hybridized carbons (Fsp3) is 0.412. The molecular formula is C17H24N2O. The molecule has 20 heavy (non-hydrogen) atoms. The van der Waals surface area contributed by atoms with E-state index in [9.17, 15) is 0 Å². The molecule has 0 saturated heterocycles. The molecule has 108 valence electrons. The largest absolute Gasteiger partial charge is 0.441 e. The van der Waals surface area contributed by atoms with Crippen LogP contribution in [-0.2, 0) is 0 Å². The van der Waals surface area contributed by atoms with Crippen LogP contribution in [-0.4, -0.2) is 32.1 Å². The second-order valence-corrected chi connectivity index (χ2v) is 5.49. The van der Waals surface area contributed by atoms with Crippen LogP contribution >= 0.6 is 0 Å². The zero-order chi connectivity index (χ0) is 14.5. The van der Waals surface area contributed by atoms with Gasteiger partial charge >= 0.3 is 0 Å². The summed E-state index contributed by atoms with van der Waals surface area (Å²) in [5, 5.41) is 3.33. The van der Waals surface area contributed by atoms with Crippen molar-refractivity contribution in [3.63, 3.8) is 0 Å². The first-order valence-electron chi connectivity index (χ1n) is 7.13. The molecule has 0 fully saturated rings. The average molecular weight is 272 g/mol. The van der Waals surface area contributed by atoms with Crippen molar-refractivity contribution < 1.29 is 4.42 Å². The molecule has 3 heteroatoms. The molecule has 0 aliphatic rings. The molecule has 0 aliphatic heterocycles. The average Bonchev–Trinajstić information content (AvgIpc) is 2.86. The lowest BCUT2D eigenvalue weighted by molar-refractivity contribution is 0.404. The first-order chi connectivity index (χ1) is 9.58. The molecule has 2 rings (SSSR count). The number of nitrogens with zero attached hydrogens (tertiary/aromatic N) is 1. The minimum Gasteiger partial charge on any atom is -0.441 e. The van der Waals surface area contributed by atoms with Gasteiger partial charge in [0.15, 0.2) is 5.88 Å². The summed E-state index contributed by atoms with van der Waals surface area (Å²) in [5.41, 5.74) is 3.74. The van der Waals surface area contributed by atoms with Gasteiger partial charge in [0, 0.05) is 18.2 Å². The lowest BCUT2D eigenvalue weighted by Crippen LogP contribution is -2.16. The minimum atomic E-state index is 0.847. The summed E-state index contributed by atoms with van der Waals surface area (Å²) in [6, 6.07) is 10.4. The van der Waals surface area contributed by atoms with Crippen molar-refractivity contribution in [2.45, 2.75) is 20.3 Å². The van der Waals surface area contributed by atoms with Crippen molar-refractivity contribution in [3.8, 4) is 11.3 Å². The van der Waals surface area contributed by atoms with Crippen LogP contribution in [0.25, 0.3) is 11.3 Å². The number of aryl methyl sites for hydroxylation is 1. The van der Waals surface area contributed by atoms with E-state index < -0.39 is 0 Å². The first kappa shape index (κ1) is 14.7. The Hall–Kier alpha value is -1.74. The van der Waals surface area contributed by atoms with Gasteiger partial charge in [0.1, 0.15) is 5.76 Å². The molecule has 1 heterocycles. The quantitative estimate of drug-likeness (QED) is 0.808. The van der Waals surface area contributed by atoms with Gasteiger partial charge in [-0.15, -0.1) is 0 Å². The molecule has 1 N–H and O–H groups in total. The van der Waals surface area contributed by atoms with Gasteiger partial charge in [-0.05, 0) is 58.1 Å². The number of furan rings is 1. The number of hydrogen-bond donors (Lipinski definition) is 1. The van der Waals surface area contributed by atoms with E-state index in [0.29, 0.717) is 0 Å². The van der Waals surface area contributed by atoms with E-state index >= 15 is 0 Å². The minimum absolute atomic E-state index is 0.847. The van der Waals surface area contributed by atoms with Crippen LogP contribution in [0.3, 0.4) is 0 Å². The molecule has 3 nitrogen and oxygen atoms in total. The summed E-state index contributed by atoms with van der Waals surface area (Å²) in [5.74, 6) is 1.78. The van der Waals surface area contributed by atoms with Gasteiger partial charge in [-0.2, -0.15) is 0 Å². The van der Waals surface area contributed by atoms with Crippen molar-refractivity contribution in [2.75, 3.05) is 32.5 Å². The Kier molecular flexibility index (Phi) is 4.85. The summed E-state index contributed by atoms with van der Waals surface area (Å²) in [6.45, 7) is 6.27. The number of rotatable bonds is 6. The molecule has 0 saturated carbocycles. The fourth-order valence-electron chi connectivity index (χ4n) is 2.20. The Balaban J connectivity index is 2.00. The predicted octanol–water partition coefficient (Wildman–Crippen LogP) is 3.93. The highest BCUT2D eigenvalue weighted by Crippen LogP contribution is 2.28. The maximum atomic E-state index is 5.89. The van der Waals surface area contributed by atoms with Crippen LogP contribution in [0.15, 0.2) is 34.7 Å². The highest BCUT2D eigenvalue weighted by molar-refractivity contribution is 5.65. The van der Waals surface area contributed by atoms with Crippen molar-refractivity contribution in [1.29, 1.82) is 0 Å². The third-order valence-electron chi connectivity index (χ3n) is 3.56. The normalized spacial score (nSPS) is 11.1. The Morgan fingerprint density at radius 3 is 2.65 bits per heavy atom. The Morgan fingerprint density at radius 1 is 1.10 bits per heavy atom. The summed E-state index contributed by atoms with van der Waals surface area (Å²) >= 11 is 0. The van der Waals surface area contributed by atoms with Crippen LogP contribution < -0.4 is 5.32 Å². The Morgan fingerprint density at radius 2 is 1.90 bits per heavy atom. The Bertz CT molecular complexity index is 558. The number of benzene rings is 1. The lowest BCUT2D eigenvalue weighted by atomic mass is 10.0. The predicted molar refractivity (Wildman–Crippen MR) is 85.3 cm³/mol. The standard InChI is InChI=1S/C17H24N2O/c1-13-7-5-8-15(14(13)2)16-9-10-17(20-16)18-11-6-12-19(3)4/h5,7-10,18H,6,11-12H2,1-4H3. The van der Waals surface area contributed by atoms with Crippen LogP contribution in [0, 0.1) is 13.8 Å². The molecule has 0 spiro atoms. The third kappa shape index (κ3) is 3.64. The molecule has 0 radical (unpaired) electrons.